The number of likely N-dealkylation sites (tertiary alicyclic amines) is 1. The summed E-state index contributed by atoms with van der Waals surface area (Å²) in [6, 6.07) is 9.03. The fourth-order valence-corrected chi connectivity index (χ4v) is 4.04. The van der Waals surface area contributed by atoms with Gasteiger partial charge in [-0.15, -0.1) is 0 Å². The topological polar surface area (TPSA) is 111 Å². The van der Waals surface area contributed by atoms with Crippen molar-refractivity contribution >= 4 is 40.6 Å². The van der Waals surface area contributed by atoms with Gasteiger partial charge in [-0.25, -0.2) is 9.67 Å². The quantitative estimate of drug-likeness (QED) is 0.311. The Hall–Kier alpha value is -3.30. The van der Waals surface area contributed by atoms with Crippen LogP contribution >= 0.6 is 23.2 Å². The molecule has 0 unspecified atom stereocenters. The van der Waals surface area contributed by atoms with E-state index in [1.165, 1.54) is 35.5 Å². The molecule has 32 heavy (non-hydrogen) atoms. The number of carbonyl (C=O) groups is 2. The highest BCUT2D eigenvalue weighted by molar-refractivity contribution is 6.42. The van der Waals surface area contributed by atoms with Crippen molar-refractivity contribution in [2.75, 3.05) is 13.1 Å². The van der Waals surface area contributed by atoms with Gasteiger partial charge in [0, 0.05) is 36.2 Å². The van der Waals surface area contributed by atoms with Crippen LogP contribution in [0, 0.1) is 16.0 Å². The number of amides is 1. The summed E-state index contributed by atoms with van der Waals surface area (Å²) in [6.45, 7) is 0.740. The minimum atomic E-state index is -0.560. The number of rotatable bonds is 5. The average Bonchev–Trinajstić information content (AvgIpc) is 3.34. The van der Waals surface area contributed by atoms with Crippen LogP contribution in [-0.2, 0) is 0 Å². The molecule has 0 radical (unpaired) electrons. The highest BCUT2D eigenvalue weighted by atomic mass is 35.5. The van der Waals surface area contributed by atoms with Crippen molar-refractivity contribution in [3.8, 4) is 5.69 Å². The lowest BCUT2D eigenvalue weighted by Gasteiger charge is -2.31. The lowest BCUT2D eigenvalue weighted by Crippen LogP contribution is -2.40. The minimum Gasteiger partial charge on any atom is -0.339 e. The van der Waals surface area contributed by atoms with Crippen molar-refractivity contribution in [1.82, 2.24) is 19.7 Å². The van der Waals surface area contributed by atoms with Crippen LogP contribution in [-0.4, -0.2) is 49.4 Å². The van der Waals surface area contributed by atoms with E-state index < -0.39 is 4.92 Å². The van der Waals surface area contributed by atoms with E-state index in [0.29, 0.717) is 41.5 Å². The monoisotopic (exact) mass is 473 g/mol. The first-order valence-corrected chi connectivity index (χ1v) is 10.5. The molecule has 1 saturated heterocycles. The summed E-state index contributed by atoms with van der Waals surface area (Å²) in [5.74, 6) is -0.595. The number of benzene rings is 2. The molecule has 1 aliphatic heterocycles. The first-order chi connectivity index (χ1) is 15.3. The average molecular weight is 474 g/mol. The van der Waals surface area contributed by atoms with Gasteiger partial charge in [0.25, 0.3) is 11.6 Å². The Morgan fingerprint density at radius 2 is 1.75 bits per heavy atom. The van der Waals surface area contributed by atoms with E-state index in [4.69, 9.17) is 23.2 Å². The van der Waals surface area contributed by atoms with E-state index in [1.54, 1.807) is 23.1 Å². The molecular weight excluding hydrogens is 457 g/mol. The molecule has 2 heterocycles. The van der Waals surface area contributed by atoms with Gasteiger partial charge in [-0.3, -0.25) is 19.7 Å². The predicted molar refractivity (Wildman–Crippen MR) is 117 cm³/mol. The number of halogens is 2. The Labute approximate surface area is 192 Å². The molecule has 0 bridgehead atoms. The highest BCUT2D eigenvalue weighted by Gasteiger charge is 2.29. The molecule has 0 atom stereocenters. The molecule has 164 valence electrons. The minimum absolute atomic E-state index is 0.0384. The van der Waals surface area contributed by atoms with Crippen LogP contribution in [0.1, 0.15) is 33.6 Å². The van der Waals surface area contributed by atoms with Gasteiger partial charge in [-0.1, -0.05) is 23.2 Å². The van der Waals surface area contributed by atoms with Crippen LogP contribution in [0.25, 0.3) is 5.69 Å². The first-order valence-electron chi connectivity index (χ1n) is 9.77. The lowest BCUT2D eigenvalue weighted by atomic mass is 9.88. The smallest absolute Gasteiger partial charge is 0.295 e. The first kappa shape index (κ1) is 21.9. The molecule has 1 fully saturated rings. The molecule has 4 rings (SSSR count). The zero-order valence-electron chi connectivity index (χ0n) is 16.6. The second kappa shape index (κ2) is 9.05. The molecule has 11 heteroatoms. The fourth-order valence-electron chi connectivity index (χ4n) is 3.74. The summed E-state index contributed by atoms with van der Waals surface area (Å²) in [7, 11) is 0. The summed E-state index contributed by atoms with van der Waals surface area (Å²) in [5.41, 5.74) is 0.666. The molecule has 0 aliphatic carbocycles. The second-order valence-electron chi connectivity index (χ2n) is 7.36. The maximum absolute atomic E-state index is 13.0. The Bertz CT molecular complexity index is 1190. The van der Waals surface area contributed by atoms with Gasteiger partial charge in [0.05, 0.1) is 15.0 Å². The van der Waals surface area contributed by atoms with Crippen LogP contribution in [0.4, 0.5) is 5.69 Å². The predicted octanol–water partition coefficient (Wildman–Crippen LogP) is 4.22. The van der Waals surface area contributed by atoms with Gasteiger partial charge in [0.2, 0.25) is 0 Å². The summed E-state index contributed by atoms with van der Waals surface area (Å²) in [4.78, 5) is 42.1. The summed E-state index contributed by atoms with van der Waals surface area (Å²) < 4.78 is 1.27. The fraction of sp³-hybridized carbons (Fsp3) is 0.238. The molecular formula is C21H17Cl2N5O4. The summed E-state index contributed by atoms with van der Waals surface area (Å²) >= 11 is 11.9. The van der Waals surface area contributed by atoms with Gasteiger partial charge in [0.1, 0.15) is 18.3 Å². The molecule has 3 aromatic rings. The Morgan fingerprint density at radius 1 is 1.03 bits per heavy atom. The van der Waals surface area contributed by atoms with E-state index in [1.807, 2.05) is 0 Å². The SMILES string of the molecule is O=C(c1ccc(Cl)c(Cl)c1)C1CCN(C(=O)c2ccc(-n3cncn3)c([N+](=O)[O-])c2)CC1. The number of aromatic nitrogens is 3. The van der Waals surface area contributed by atoms with Crippen molar-refractivity contribution in [2.24, 2.45) is 5.92 Å². The molecule has 1 aliphatic rings. The normalized spacial score (nSPS) is 14.4. The molecule has 0 spiro atoms. The Morgan fingerprint density at radius 3 is 2.38 bits per heavy atom. The Kier molecular flexibility index (Phi) is 6.20. The standard InChI is InChI=1S/C21H17Cl2N5O4/c22-16-3-1-14(9-17(16)23)20(29)13-5-7-26(8-6-13)21(30)15-2-4-18(19(10-15)28(31)32)27-12-24-11-25-27/h1-4,9-13H,5-8H2. The van der Waals surface area contributed by atoms with Crippen molar-refractivity contribution in [2.45, 2.75) is 12.8 Å². The number of piperidine rings is 1. The van der Waals surface area contributed by atoms with Crippen molar-refractivity contribution in [1.29, 1.82) is 0 Å². The van der Waals surface area contributed by atoms with Crippen LogP contribution in [0.3, 0.4) is 0 Å². The second-order valence-corrected chi connectivity index (χ2v) is 8.17. The van der Waals surface area contributed by atoms with Gasteiger partial charge >= 0.3 is 0 Å². The maximum Gasteiger partial charge on any atom is 0.295 e. The number of hydrogen-bond acceptors (Lipinski definition) is 6. The van der Waals surface area contributed by atoms with Crippen LogP contribution in [0.2, 0.25) is 10.0 Å². The van der Waals surface area contributed by atoms with Crippen LogP contribution in [0.5, 0.6) is 0 Å². The molecule has 1 amide bonds. The van der Waals surface area contributed by atoms with Gasteiger partial charge in [-0.05, 0) is 43.2 Å². The molecule has 2 aromatic carbocycles. The Balaban J connectivity index is 1.46. The highest BCUT2D eigenvalue weighted by Crippen LogP contribution is 2.29. The van der Waals surface area contributed by atoms with E-state index in [-0.39, 0.29) is 34.5 Å². The number of nitrogens with zero attached hydrogens (tertiary/aromatic N) is 5. The zero-order valence-corrected chi connectivity index (χ0v) is 18.2. The van der Waals surface area contributed by atoms with Crippen molar-refractivity contribution in [3.63, 3.8) is 0 Å². The maximum atomic E-state index is 13.0. The molecule has 9 nitrogen and oxygen atoms in total. The summed E-state index contributed by atoms with van der Waals surface area (Å²) in [5, 5.41) is 16.1. The number of Topliss-reactive ketones (excluding diaryl/α,β-unsaturated/α-hetero) is 1. The van der Waals surface area contributed by atoms with Crippen LogP contribution in [0.15, 0.2) is 49.1 Å². The third-order valence-electron chi connectivity index (χ3n) is 5.44. The van der Waals surface area contributed by atoms with Gasteiger partial charge in [-0.2, -0.15) is 5.10 Å². The van der Waals surface area contributed by atoms with Crippen molar-refractivity contribution < 1.29 is 14.5 Å². The lowest BCUT2D eigenvalue weighted by molar-refractivity contribution is -0.384. The van der Waals surface area contributed by atoms with Gasteiger partial charge in [0.15, 0.2) is 5.78 Å². The molecule has 0 saturated carbocycles. The van der Waals surface area contributed by atoms with Crippen LogP contribution < -0.4 is 0 Å². The van der Waals surface area contributed by atoms with E-state index in [9.17, 15) is 19.7 Å². The summed E-state index contributed by atoms with van der Waals surface area (Å²) in [6.07, 6.45) is 3.60. The number of carbonyl (C=O) groups excluding carboxylic acids is 2. The van der Waals surface area contributed by atoms with Gasteiger partial charge < -0.3 is 4.90 Å². The third-order valence-corrected chi connectivity index (χ3v) is 6.18. The molecule has 0 N–H and O–H groups in total. The molecule has 1 aromatic heterocycles. The van der Waals surface area contributed by atoms with Crippen molar-refractivity contribution in [3.05, 3.63) is 80.3 Å². The zero-order chi connectivity index (χ0) is 22.8. The third kappa shape index (κ3) is 4.35. The van der Waals surface area contributed by atoms with E-state index in [2.05, 4.69) is 10.1 Å². The number of nitro groups is 1. The van der Waals surface area contributed by atoms with E-state index >= 15 is 0 Å². The number of nitro benzene ring substituents is 1. The van der Waals surface area contributed by atoms with E-state index in [0.717, 1.165) is 0 Å². The largest absolute Gasteiger partial charge is 0.339 e. The number of ketones is 1. The number of hydrogen-bond donors (Lipinski definition) is 0.